The highest BCUT2D eigenvalue weighted by molar-refractivity contribution is 9.11. The van der Waals surface area contributed by atoms with E-state index < -0.39 is 0 Å². The van der Waals surface area contributed by atoms with Gasteiger partial charge < -0.3 is 14.3 Å². The van der Waals surface area contributed by atoms with Crippen molar-refractivity contribution < 1.29 is 4.74 Å². The molecule has 2 aromatic carbocycles. The van der Waals surface area contributed by atoms with Gasteiger partial charge in [-0.2, -0.15) is 0 Å². The number of ether oxygens (including phenoxy) is 1. The van der Waals surface area contributed by atoms with Gasteiger partial charge in [0, 0.05) is 41.1 Å². The number of fused-ring (bicyclic) bond motifs is 2. The van der Waals surface area contributed by atoms with E-state index in [0.717, 1.165) is 51.1 Å². The highest BCUT2D eigenvalue weighted by Gasteiger charge is 2.19. The Morgan fingerprint density at radius 2 is 1.79 bits per heavy atom. The number of benzene rings is 2. The summed E-state index contributed by atoms with van der Waals surface area (Å²) in [6.07, 6.45) is 4.02. The first kappa shape index (κ1) is 16.7. The van der Waals surface area contributed by atoms with Crippen LogP contribution < -0.4 is 4.74 Å². The van der Waals surface area contributed by atoms with Crippen molar-refractivity contribution in [1.82, 2.24) is 9.55 Å². The number of H-pyrrole nitrogens is 1. The molecule has 2 heterocycles. The summed E-state index contributed by atoms with van der Waals surface area (Å²) in [5.74, 6) is 0.796. The Kier molecular flexibility index (Phi) is 4.31. The third kappa shape index (κ3) is 2.48. The molecule has 0 aliphatic heterocycles. The Balaban J connectivity index is 2.15. The van der Waals surface area contributed by atoms with Gasteiger partial charge in [0.1, 0.15) is 5.75 Å². The normalized spacial score (nSPS) is 11.5. The van der Waals surface area contributed by atoms with Crippen LogP contribution in [0.1, 0.15) is 0 Å². The summed E-state index contributed by atoms with van der Waals surface area (Å²) in [5.41, 5.74) is 3.12. The van der Waals surface area contributed by atoms with E-state index in [4.69, 9.17) is 4.74 Å². The molecule has 3 nitrogen and oxygen atoms in total. The van der Waals surface area contributed by atoms with E-state index in [1.54, 1.807) is 7.11 Å². The van der Waals surface area contributed by atoms with Crippen molar-refractivity contribution in [2.75, 3.05) is 7.11 Å². The fraction of sp³-hybridized carbons (Fsp3) is 0.0588. The van der Waals surface area contributed by atoms with Crippen LogP contribution in [0.4, 0.5) is 0 Å². The summed E-state index contributed by atoms with van der Waals surface area (Å²) < 4.78 is 11.7. The summed E-state index contributed by atoms with van der Waals surface area (Å²) in [4.78, 5) is 3.28. The van der Waals surface area contributed by atoms with Crippen molar-refractivity contribution in [2.45, 2.75) is 0 Å². The van der Waals surface area contributed by atoms with E-state index in [1.165, 1.54) is 0 Å². The molecule has 7 heteroatoms. The second-order valence-electron chi connectivity index (χ2n) is 5.30. The lowest BCUT2D eigenvalue weighted by Crippen LogP contribution is -1.96. The molecular formula is C17H10Br4N2O. The third-order valence-electron chi connectivity index (χ3n) is 3.98. The van der Waals surface area contributed by atoms with E-state index in [2.05, 4.69) is 91.6 Å². The van der Waals surface area contributed by atoms with Crippen LogP contribution in [-0.2, 0) is 0 Å². The van der Waals surface area contributed by atoms with Crippen LogP contribution in [0.25, 0.3) is 27.5 Å². The fourth-order valence-electron chi connectivity index (χ4n) is 2.94. The lowest BCUT2D eigenvalue weighted by molar-refractivity contribution is 0.418. The van der Waals surface area contributed by atoms with Crippen molar-refractivity contribution in [2.24, 2.45) is 0 Å². The van der Waals surface area contributed by atoms with Gasteiger partial charge in [-0.05, 0) is 72.1 Å². The Bertz CT molecular complexity index is 1100. The summed E-state index contributed by atoms with van der Waals surface area (Å²) in [5, 5.41) is 2.21. The lowest BCUT2D eigenvalue weighted by atomic mass is 10.2. The first-order valence-electron chi connectivity index (χ1n) is 7.01. The van der Waals surface area contributed by atoms with Crippen molar-refractivity contribution >= 4 is 85.5 Å². The van der Waals surface area contributed by atoms with Crippen LogP contribution in [0.5, 0.6) is 5.75 Å². The van der Waals surface area contributed by atoms with Gasteiger partial charge in [-0.25, -0.2) is 0 Å². The Labute approximate surface area is 171 Å². The van der Waals surface area contributed by atoms with E-state index in [0.29, 0.717) is 0 Å². The zero-order valence-corrected chi connectivity index (χ0v) is 18.7. The van der Waals surface area contributed by atoms with Crippen LogP contribution in [0.15, 0.2) is 54.6 Å². The van der Waals surface area contributed by atoms with Gasteiger partial charge in [0.15, 0.2) is 0 Å². The molecule has 0 aliphatic rings. The number of nitrogens with one attached hydrogen (secondary N) is 1. The molecule has 0 radical (unpaired) electrons. The van der Waals surface area contributed by atoms with Crippen molar-refractivity contribution in [3.05, 3.63) is 54.6 Å². The molecular weight excluding hydrogens is 568 g/mol. The van der Waals surface area contributed by atoms with E-state index in [1.807, 2.05) is 18.3 Å². The largest absolute Gasteiger partial charge is 0.495 e. The zero-order valence-electron chi connectivity index (χ0n) is 12.3. The number of methoxy groups -OCH3 is 1. The van der Waals surface area contributed by atoms with Crippen molar-refractivity contribution in [1.29, 1.82) is 0 Å². The van der Waals surface area contributed by atoms with Gasteiger partial charge in [-0.1, -0.05) is 15.9 Å². The molecule has 122 valence electrons. The number of hydrogen-bond donors (Lipinski definition) is 1. The van der Waals surface area contributed by atoms with Crippen LogP contribution >= 0.6 is 63.7 Å². The van der Waals surface area contributed by atoms with Crippen molar-refractivity contribution in [3.8, 4) is 11.4 Å². The van der Waals surface area contributed by atoms with Gasteiger partial charge in [-0.15, -0.1) is 0 Å². The number of rotatable bonds is 2. The molecule has 0 saturated heterocycles. The van der Waals surface area contributed by atoms with Crippen LogP contribution in [0, 0.1) is 0 Å². The van der Waals surface area contributed by atoms with Crippen LogP contribution in [-0.4, -0.2) is 16.7 Å². The second kappa shape index (κ2) is 6.20. The molecule has 4 aromatic rings. The van der Waals surface area contributed by atoms with Gasteiger partial charge in [0.05, 0.1) is 23.8 Å². The molecule has 0 fully saturated rings. The Hall–Kier alpha value is -0.760. The monoisotopic (exact) mass is 574 g/mol. The molecule has 1 N–H and O–H groups in total. The number of nitrogens with zero attached hydrogens (tertiary/aromatic N) is 1. The molecule has 0 spiro atoms. The van der Waals surface area contributed by atoms with E-state index in [-0.39, 0.29) is 0 Å². The first-order chi connectivity index (χ1) is 11.5. The van der Waals surface area contributed by atoms with Crippen LogP contribution in [0.3, 0.4) is 0 Å². The molecule has 24 heavy (non-hydrogen) atoms. The minimum absolute atomic E-state index is 0.796. The molecule has 0 amide bonds. The standard InChI is InChI=1S/C17H10Br4N2O/c1-24-14-5-10(19)17(15-11(20)6-22-16(14)15)23-7-12(21)9-4-8(18)2-3-13(9)23/h2-7,22H,1H3. The molecule has 0 atom stereocenters. The molecule has 4 rings (SSSR count). The SMILES string of the molecule is COc1cc(Br)c(-n2cc(Br)c3cc(Br)ccc32)c2c(Br)c[nH]c12. The average Bonchev–Trinajstić information content (AvgIpc) is 3.08. The topological polar surface area (TPSA) is 29.9 Å². The quantitative estimate of drug-likeness (QED) is 0.269. The zero-order chi connectivity index (χ0) is 17.0. The maximum atomic E-state index is 5.51. The minimum atomic E-state index is 0.796. The van der Waals surface area contributed by atoms with Crippen LogP contribution in [0.2, 0.25) is 0 Å². The Morgan fingerprint density at radius 3 is 2.54 bits per heavy atom. The molecule has 0 saturated carbocycles. The highest BCUT2D eigenvalue weighted by atomic mass is 79.9. The average molecular weight is 578 g/mol. The smallest absolute Gasteiger partial charge is 0.144 e. The third-order valence-corrected chi connectivity index (χ3v) is 6.33. The fourth-order valence-corrected chi connectivity index (χ4v) is 4.92. The van der Waals surface area contributed by atoms with E-state index >= 15 is 0 Å². The number of halogens is 4. The summed E-state index contributed by atoms with van der Waals surface area (Å²) in [6.45, 7) is 0. The maximum Gasteiger partial charge on any atom is 0.144 e. The summed E-state index contributed by atoms with van der Waals surface area (Å²) in [6, 6.07) is 8.25. The first-order valence-corrected chi connectivity index (χ1v) is 10.2. The number of aromatic amines is 1. The lowest BCUT2D eigenvalue weighted by Gasteiger charge is -2.13. The minimum Gasteiger partial charge on any atom is -0.495 e. The van der Waals surface area contributed by atoms with Gasteiger partial charge >= 0.3 is 0 Å². The molecule has 2 aromatic heterocycles. The van der Waals surface area contributed by atoms with Gasteiger partial charge in [0.2, 0.25) is 0 Å². The summed E-state index contributed by atoms with van der Waals surface area (Å²) >= 11 is 14.6. The summed E-state index contributed by atoms with van der Waals surface area (Å²) in [7, 11) is 1.68. The molecule has 0 bridgehead atoms. The number of hydrogen-bond acceptors (Lipinski definition) is 1. The second-order valence-corrected chi connectivity index (χ2v) is 8.78. The van der Waals surface area contributed by atoms with Gasteiger partial charge in [-0.3, -0.25) is 0 Å². The van der Waals surface area contributed by atoms with Crippen molar-refractivity contribution in [3.63, 3.8) is 0 Å². The number of aromatic nitrogens is 2. The maximum absolute atomic E-state index is 5.51. The van der Waals surface area contributed by atoms with E-state index in [9.17, 15) is 0 Å². The molecule has 0 aliphatic carbocycles. The molecule has 0 unspecified atom stereocenters. The predicted octanol–water partition coefficient (Wildman–Crippen LogP) is 7.17. The van der Waals surface area contributed by atoms with Gasteiger partial charge in [0.25, 0.3) is 0 Å². The highest BCUT2D eigenvalue weighted by Crippen LogP contribution is 2.42. The predicted molar refractivity (Wildman–Crippen MR) is 112 cm³/mol. The Morgan fingerprint density at radius 1 is 1.00 bits per heavy atom.